The number of methoxy groups -OCH3 is 1. The van der Waals surface area contributed by atoms with Gasteiger partial charge < -0.3 is 14.3 Å². The molecule has 0 radical (unpaired) electrons. The molecule has 0 saturated carbocycles. The van der Waals surface area contributed by atoms with E-state index >= 15 is 0 Å². The zero-order valence-electron chi connectivity index (χ0n) is 15.1. The molecule has 0 aliphatic carbocycles. The van der Waals surface area contributed by atoms with Crippen molar-refractivity contribution >= 4 is 14.3 Å². The highest BCUT2D eigenvalue weighted by atomic mass is 28.4. The van der Waals surface area contributed by atoms with Crippen LogP contribution in [0.15, 0.2) is 30.3 Å². The Morgan fingerprint density at radius 2 is 1.78 bits per heavy atom. The van der Waals surface area contributed by atoms with Crippen LogP contribution in [-0.4, -0.2) is 33.1 Å². The van der Waals surface area contributed by atoms with Gasteiger partial charge in [0.1, 0.15) is 0 Å². The van der Waals surface area contributed by atoms with Crippen molar-refractivity contribution in [1.29, 1.82) is 0 Å². The average Bonchev–Trinajstić information content (AvgIpc) is 2.50. The van der Waals surface area contributed by atoms with Crippen LogP contribution in [0.2, 0.25) is 18.1 Å². The smallest absolute Gasteiger partial charge is 0.311 e. The normalized spacial score (nSPS) is 15.1. The van der Waals surface area contributed by atoms with Crippen LogP contribution in [-0.2, 0) is 14.0 Å². The summed E-state index contributed by atoms with van der Waals surface area (Å²) in [7, 11) is -0.516. The van der Waals surface area contributed by atoms with Gasteiger partial charge in [-0.1, -0.05) is 51.1 Å². The summed E-state index contributed by atoms with van der Waals surface area (Å²) in [6, 6.07) is 9.20. The van der Waals surface area contributed by atoms with Gasteiger partial charge in [-0.2, -0.15) is 0 Å². The van der Waals surface area contributed by atoms with Crippen LogP contribution < -0.4 is 0 Å². The molecule has 5 heteroatoms. The topological polar surface area (TPSA) is 55.8 Å². The monoisotopic (exact) mass is 338 g/mol. The zero-order valence-corrected chi connectivity index (χ0v) is 16.1. The number of benzene rings is 1. The lowest BCUT2D eigenvalue weighted by Gasteiger charge is -2.36. The van der Waals surface area contributed by atoms with E-state index in [2.05, 4.69) is 33.9 Å². The fraction of sp³-hybridized carbons (Fsp3) is 0.611. The number of hydrogen-bond donors (Lipinski definition) is 1. The number of ether oxygens (including phenoxy) is 1. The van der Waals surface area contributed by atoms with Crippen molar-refractivity contribution in [1.82, 2.24) is 0 Å². The minimum Gasteiger partial charge on any atom is -0.469 e. The first kappa shape index (κ1) is 19.9. The maximum Gasteiger partial charge on any atom is 0.311 e. The number of rotatable bonds is 7. The van der Waals surface area contributed by atoms with Crippen LogP contribution in [0.4, 0.5) is 0 Å². The van der Waals surface area contributed by atoms with Crippen LogP contribution in [0, 0.1) is 5.92 Å². The van der Waals surface area contributed by atoms with Crippen molar-refractivity contribution in [2.75, 3.05) is 13.7 Å². The van der Waals surface area contributed by atoms with Crippen LogP contribution in [0.3, 0.4) is 0 Å². The quantitative estimate of drug-likeness (QED) is 0.605. The van der Waals surface area contributed by atoms with Crippen molar-refractivity contribution in [3.63, 3.8) is 0 Å². The molecule has 0 saturated heterocycles. The van der Waals surface area contributed by atoms with E-state index in [0.29, 0.717) is 13.0 Å². The van der Waals surface area contributed by atoms with Gasteiger partial charge in [-0.15, -0.1) is 0 Å². The number of aliphatic hydroxyl groups is 1. The van der Waals surface area contributed by atoms with Crippen molar-refractivity contribution < 1.29 is 19.1 Å². The summed E-state index contributed by atoms with van der Waals surface area (Å²) < 4.78 is 11.0. The molecule has 0 spiro atoms. The molecule has 23 heavy (non-hydrogen) atoms. The number of carbonyl (C=O) groups excluding carboxylic acids is 1. The van der Waals surface area contributed by atoms with Crippen LogP contribution in [0.5, 0.6) is 0 Å². The molecule has 1 N–H and O–H groups in total. The van der Waals surface area contributed by atoms with Crippen molar-refractivity contribution in [3.05, 3.63) is 35.9 Å². The Kier molecular flexibility index (Phi) is 6.98. The fourth-order valence-corrected chi connectivity index (χ4v) is 3.16. The third-order valence-corrected chi connectivity index (χ3v) is 9.26. The summed E-state index contributed by atoms with van der Waals surface area (Å²) >= 11 is 0. The molecule has 0 aromatic heterocycles. The Bertz CT molecular complexity index is 493. The van der Waals surface area contributed by atoms with Crippen LogP contribution >= 0.6 is 0 Å². The molecular weight excluding hydrogens is 308 g/mol. The average molecular weight is 339 g/mol. The molecule has 0 aliphatic rings. The highest BCUT2D eigenvalue weighted by molar-refractivity contribution is 6.74. The molecule has 0 amide bonds. The van der Waals surface area contributed by atoms with Gasteiger partial charge >= 0.3 is 5.97 Å². The Balaban J connectivity index is 2.75. The molecule has 1 rings (SSSR count). The Morgan fingerprint density at radius 3 is 2.26 bits per heavy atom. The maximum absolute atomic E-state index is 12.1. The van der Waals surface area contributed by atoms with Gasteiger partial charge in [0.2, 0.25) is 0 Å². The highest BCUT2D eigenvalue weighted by Crippen LogP contribution is 2.37. The number of aliphatic hydroxyl groups excluding tert-OH is 1. The second kappa shape index (κ2) is 8.08. The van der Waals surface area contributed by atoms with E-state index in [1.807, 2.05) is 30.3 Å². The third kappa shape index (κ3) is 5.44. The lowest BCUT2D eigenvalue weighted by atomic mass is 9.93. The van der Waals surface area contributed by atoms with Crippen molar-refractivity contribution in [3.8, 4) is 0 Å². The van der Waals surface area contributed by atoms with Crippen molar-refractivity contribution in [2.45, 2.75) is 51.4 Å². The minimum absolute atomic E-state index is 0.117. The maximum atomic E-state index is 12.1. The summed E-state index contributed by atoms with van der Waals surface area (Å²) in [6.07, 6.45) is -0.443. The standard InChI is InChI=1S/C18H30O4Si/c1-18(2,3)23(5,6)22-13-12-15(17(20)21-4)16(19)14-10-8-7-9-11-14/h7-11,15-16,19H,12-13H2,1-6H3/t15-,16+/m1/s1. The molecular formula is C18H30O4Si. The van der Waals surface area contributed by atoms with E-state index in [0.717, 1.165) is 5.56 Å². The number of esters is 1. The molecule has 0 unspecified atom stereocenters. The zero-order chi connectivity index (χ0) is 17.7. The lowest BCUT2D eigenvalue weighted by molar-refractivity contribution is -0.150. The van der Waals surface area contributed by atoms with E-state index in [1.165, 1.54) is 7.11 Å². The first-order valence-corrected chi connectivity index (χ1v) is 11.0. The van der Waals surface area contributed by atoms with Gasteiger partial charge in [0.25, 0.3) is 0 Å². The molecule has 4 nitrogen and oxygen atoms in total. The SMILES string of the molecule is COC(=O)[C@H](CCO[Si](C)(C)C(C)(C)C)[C@@H](O)c1ccccc1. The van der Waals surface area contributed by atoms with Gasteiger partial charge in [-0.05, 0) is 30.1 Å². The first-order valence-electron chi connectivity index (χ1n) is 8.05. The first-order chi connectivity index (χ1) is 10.6. The lowest BCUT2D eigenvalue weighted by Crippen LogP contribution is -2.41. The molecule has 1 aromatic rings. The van der Waals surface area contributed by atoms with E-state index in [9.17, 15) is 9.90 Å². The van der Waals surface area contributed by atoms with Gasteiger partial charge in [0, 0.05) is 6.61 Å². The van der Waals surface area contributed by atoms with Gasteiger partial charge in [-0.25, -0.2) is 0 Å². The van der Waals surface area contributed by atoms with E-state index in [-0.39, 0.29) is 5.04 Å². The molecule has 0 heterocycles. The fourth-order valence-electron chi connectivity index (χ4n) is 2.10. The molecule has 1 aromatic carbocycles. The molecule has 0 aliphatic heterocycles. The molecule has 0 bridgehead atoms. The summed E-state index contributed by atoms with van der Waals surface area (Å²) in [5.41, 5.74) is 0.718. The summed E-state index contributed by atoms with van der Waals surface area (Å²) in [5.74, 6) is -1.02. The van der Waals surface area contributed by atoms with Gasteiger partial charge in [0.05, 0.1) is 19.1 Å². The Hall–Kier alpha value is -1.17. The third-order valence-electron chi connectivity index (χ3n) is 4.72. The van der Waals surface area contributed by atoms with Crippen LogP contribution in [0.25, 0.3) is 0 Å². The van der Waals surface area contributed by atoms with Gasteiger partial charge in [-0.3, -0.25) is 4.79 Å². The predicted octanol–water partition coefficient (Wildman–Crippen LogP) is 3.92. The largest absolute Gasteiger partial charge is 0.469 e. The van der Waals surface area contributed by atoms with Crippen LogP contribution in [0.1, 0.15) is 38.9 Å². The highest BCUT2D eigenvalue weighted by Gasteiger charge is 2.38. The second-order valence-electron chi connectivity index (χ2n) is 7.38. The van der Waals surface area contributed by atoms with Gasteiger partial charge in [0.15, 0.2) is 8.32 Å². The van der Waals surface area contributed by atoms with Crippen molar-refractivity contribution in [2.24, 2.45) is 5.92 Å². The molecule has 130 valence electrons. The second-order valence-corrected chi connectivity index (χ2v) is 12.2. The molecule has 2 atom stereocenters. The Morgan fingerprint density at radius 1 is 1.22 bits per heavy atom. The van der Waals surface area contributed by atoms with E-state index < -0.39 is 26.3 Å². The molecule has 0 fully saturated rings. The Labute approximate surface area is 140 Å². The summed E-state index contributed by atoms with van der Waals surface area (Å²) in [5, 5.41) is 10.6. The van der Waals surface area contributed by atoms with E-state index in [4.69, 9.17) is 9.16 Å². The number of hydrogen-bond acceptors (Lipinski definition) is 4. The predicted molar refractivity (Wildman–Crippen MR) is 94.7 cm³/mol. The number of carbonyl (C=O) groups is 1. The summed E-state index contributed by atoms with van der Waals surface area (Å²) in [4.78, 5) is 12.1. The van der Waals surface area contributed by atoms with E-state index in [1.54, 1.807) is 0 Å². The summed E-state index contributed by atoms with van der Waals surface area (Å²) in [6.45, 7) is 11.3. The minimum atomic E-state index is -1.86.